The first-order valence-electron chi connectivity index (χ1n) is 5.57. The molecule has 4 heteroatoms. The molecular weight excluding hydrogens is 206 g/mol. The summed E-state index contributed by atoms with van der Waals surface area (Å²) < 4.78 is 10.4. The predicted molar refractivity (Wildman–Crippen MR) is 62.4 cm³/mol. The summed E-state index contributed by atoms with van der Waals surface area (Å²) in [4.78, 5) is 13.5. The minimum absolute atomic E-state index is 0.241. The summed E-state index contributed by atoms with van der Waals surface area (Å²) in [7, 11) is 1.66. The summed E-state index contributed by atoms with van der Waals surface area (Å²) >= 11 is 0. The van der Waals surface area contributed by atoms with Gasteiger partial charge in [0.15, 0.2) is 0 Å². The molecule has 0 spiro atoms. The van der Waals surface area contributed by atoms with E-state index in [1.165, 1.54) is 0 Å². The smallest absolute Gasteiger partial charge is 0.410 e. The van der Waals surface area contributed by atoms with Gasteiger partial charge in [-0.2, -0.15) is 0 Å². The third-order valence-corrected chi connectivity index (χ3v) is 2.21. The molecule has 0 N–H and O–H groups in total. The van der Waals surface area contributed by atoms with Gasteiger partial charge in [-0.15, -0.1) is 0 Å². The van der Waals surface area contributed by atoms with Crippen molar-refractivity contribution in [2.75, 3.05) is 26.8 Å². The Morgan fingerprint density at radius 2 is 2.19 bits per heavy atom. The largest absolute Gasteiger partial charge is 0.444 e. The molecule has 1 heterocycles. The van der Waals surface area contributed by atoms with Crippen LogP contribution in [0.3, 0.4) is 0 Å². The molecule has 0 aromatic rings. The van der Waals surface area contributed by atoms with Gasteiger partial charge < -0.3 is 14.4 Å². The van der Waals surface area contributed by atoms with Crippen molar-refractivity contribution in [1.29, 1.82) is 0 Å². The summed E-state index contributed by atoms with van der Waals surface area (Å²) in [5.41, 5.74) is 0.708. The van der Waals surface area contributed by atoms with E-state index in [1.807, 2.05) is 20.8 Å². The van der Waals surface area contributed by atoms with Gasteiger partial charge in [-0.25, -0.2) is 4.79 Å². The van der Waals surface area contributed by atoms with Gasteiger partial charge >= 0.3 is 6.09 Å². The van der Waals surface area contributed by atoms with E-state index in [2.05, 4.69) is 6.08 Å². The van der Waals surface area contributed by atoms with Crippen molar-refractivity contribution in [2.45, 2.75) is 32.8 Å². The Kier molecular flexibility index (Phi) is 4.35. The Hall–Kier alpha value is -1.03. The number of ether oxygens (including phenoxy) is 2. The second-order valence-corrected chi connectivity index (χ2v) is 4.99. The van der Waals surface area contributed by atoms with Gasteiger partial charge in [0.1, 0.15) is 5.60 Å². The molecule has 0 atom stereocenters. The Morgan fingerprint density at radius 1 is 1.50 bits per heavy atom. The maximum Gasteiger partial charge on any atom is 0.410 e. The lowest BCUT2D eigenvalue weighted by atomic mass is 10.1. The van der Waals surface area contributed by atoms with Gasteiger partial charge in [0.05, 0.1) is 6.61 Å². The molecule has 0 radical (unpaired) electrons. The molecule has 0 aliphatic carbocycles. The van der Waals surface area contributed by atoms with E-state index in [9.17, 15) is 4.79 Å². The number of rotatable bonds is 2. The van der Waals surface area contributed by atoms with Crippen molar-refractivity contribution in [3.63, 3.8) is 0 Å². The van der Waals surface area contributed by atoms with Crippen LogP contribution in [0.4, 0.5) is 4.79 Å². The van der Waals surface area contributed by atoms with Gasteiger partial charge in [0.25, 0.3) is 0 Å². The van der Waals surface area contributed by atoms with Crippen molar-refractivity contribution in [3.05, 3.63) is 11.6 Å². The number of carbonyl (C=O) groups excluding carboxylic acids is 1. The quantitative estimate of drug-likeness (QED) is 0.679. The molecule has 92 valence electrons. The lowest BCUT2D eigenvalue weighted by molar-refractivity contribution is 0.0255. The molecule has 0 bridgehead atoms. The zero-order chi connectivity index (χ0) is 12.2. The van der Waals surface area contributed by atoms with Crippen LogP contribution in [0.2, 0.25) is 0 Å². The first-order valence-corrected chi connectivity index (χ1v) is 5.57. The number of nitrogens with zero attached hydrogens (tertiary/aromatic N) is 1. The molecule has 1 aliphatic heterocycles. The van der Waals surface area contributed by atoms with Crippen LogP contribution in [0.5, 0.6) is 0 Å². The molecule has 0 aromatic carbocycles. The van der Waals surface area contributed by atoms with E-state index in [4.69, 9.17) is 9.47 Å². The zero-order valence-electron chi connectivity index (χ0n) is 10.6. The standard InChI is InChI=1S/C12H21NO3/c1-12(2,3)16-11(14)13-7-5-6-10(8-13)9-15-4/h6H,5,7-9H2,1-4H3. The first-order chi connectivity index (χ1) is 7.42. The molecule has 0 saturated carbocycles. The maximum atomic E-state index is 11.8. The number of hydrogen-bond donors (Lipinski definition) is 0. The molecular formula is C12H21NO3. The van der Waals surface area contributed by atoms with Crippen molar-refractivity contribution in [2.24, 2.45) is 0 Å². The normalized spacial score (nSPS) is 17.0. The van der Waals surface area contributed by atoms with Crippen LogP contribution in [0.15, 0.2) is 11.6 Å². The van der Waals surface area contributed by atoms with Crippen molar-refractivity contribution < 1.29 is 14.3 Å². The SMILES string of the molecule is COCC1=CCCN(C(=O)OC(C)(C)C)C1. The minimum Gasteiger partial charge on any atom is -0.444 e. The molecule has 4 nitrogen and oxygen atoms in total. The van der Waals surface area contributed by atoms with E-state index >= 15 is 0 Å². The highest BCUT2D eigenvalue weighted by Gasteiger charge is 2.23. The Labute approximate surface area is 97.2 Å². The highest BCUT2D eigenvalue weighted by atomic mass is 16.6. The predicted octanol–water partition coefficient (Wildman–Crippen LogP) is 2.20. The fraction of sp³-hybridized carbons (Fsp3) is 0.750. The number of hydrogen-bond acceptors (Lipinski definition) is 3. The third-order valence-electron chi connectivity index (χ3n) is 2.21. The average Bonchev–Trinajstić information content (AvgIpc) is 2.16. The molecule has 1 amide bonds. The third kappa shape index (κ3) is 4.23. The molecule has 16 heavy (non-hydrogen) atoms. The average molecular weight is 227 g/mol. The highest BCUT2D eigenvalue weighted by molar-refractivity contribution is 5.68. The van der Waals surface area contributed by atoms with Crippen molar-refractivity contribution >= 4 is 6.09 Å². The number of amides is 1. The summed E-state index contributed by atoms with van der Waals surface area (Å²) in [6, 6.07) is 0. The highest BCUT2D eigenvalue weighted by Crippen LogP contribution is 2.15. The molecule has 1 rings (SSSR count). The fourth-order valence-electron chi connectivity index (χ4n) is 1.59. The number of methoxy groups -OCH3 is 1. The lowest BCUT2D eigenvalue weighted by Gasteiger charge is -2.30. The Bertz CT molecular complexity index is 278. The topological polar surface area (TPSA) is 38.8 Å². The maximum absolute atomic E-state index is 11.8. The van der Waals surface area contributed by atoms with Crippen LogP contribution < -0.4 is 0 Å². The molecule has 0 saturated heterocycles. The minimum atomic E-state index is -0.431. The Balaban J connectivity index is 2.50. The van der Waals surface area contributed by atoms with E-state index in [-0.39, 0.29) is 6.09 Å². The molecule has 1 aliphatic rings. The van der Waals surface area contributed by atoms with E-state index in [1.54, 1.807) is 12.0 Å². The molecule has 0 aromatic heterocycles. The van der Waals surface area contributed by atoms with E-state index in [0.717, 1.165) is 18.5 Å². The second-order valence-electron chi connectivity index (χ2n) is 4.99. The summed E-state index contributed by atoms with van der Waals surface area (Å²) in [6.45, 7) is 7.55. The second kappa shape index (κ2) is 5.34. The monoisotopic (exact) mass is 227 g/mol. The van der Waals surface area contributed by atoms with Crippen LogP contribution in [-0.2, 0) is 9.47 Å². The van der Waals surface area contributed by atoms with Gasteiger partial charge in [-0.3, -0.25) is 0 Å². The van der Waals surface area contributed by atoms with Gasteiger partial charge in [0, 0.05) is 20.2 Å². The van der Waals surface area contributed by atoms with Crippen LogP contribution in [0, 0.1) is 0 Å². The summed E-state index contributed by atoms with van der Waals surface area (Å²) in [5.74, 6) is 0. The van der Waals surface area contributed by atoms with E-state index in [0.29, 0.717) is 13.2 Å². The summed E-state index contributed by atoms with van der Waals surface area (Å²) in [6.07, 6.45) is 2.76. The number of carbonyl (C=O) groups is 1. The van der Waals surface area contributed by atoms with Gasteiger partial charge in [-0.05, 0) is 32.8 Å². The fourth-order valence-corrected chi connectivity index (χ4v) is 1.59. The van der Waals surface area contributed by atoms with Crippen molar-refractivity contribution in [1.82, 2.24) is 4.90 Å². The van der Waals surface area contributed by atoms with Gasteiger partial charge in [0.2, 0.25) is 0 Å². The van der Waals surface area contributed by atoms with Crippen LogP contribution in [0.25, 0.3) is 0 Å². The van der Waals surface area contributed by atoms with E-state index < -0.39 is 5.60 Å². The molecule has 0 unspecified atom stereocenters. The Morgan fingerprint density at radius 3 is 2.75 bits per heavy atom. The zero-order valence-corrected chi connectivity index (χ0v) is 10.6. The van der Waals surface area contributed by atoms with Crippen LogP contribution >= 0.6 is 0 Å². The summed E-state index contributed by atoms with van der Waals surface area (Å²) in [5, 5.41) is 0. The van der Waals surface area contributed by atoms with Gasteiger partial charge in [-0.1, -0.05) is 6.08 Å². The van der Waals surface area contributed by atoms with Crippen LogP contribution in [0.1, 0.15) is 27.2 Å². The lowest BCUT2D eigenvalue weighted by Crippen LogP contribution is -2.40. The van der Waals surface area contributed by atoms with Crippen molar-refractivity contribution in [3.8, 4) is 0 Å². The first kappa shape index (κ1) is 13.0. The van der Waals surface area contributed by atoms with Crippen LogP contribution in [-0.4, -0.2) is 43.4 Å². The molecule has 0 fully saturated rings.